The predicted octanol–water partition coefficient (Wildman–Crippen LogP) is 1.85. The summed E-state index contributed by atoms with van der Waals surface area (Å²) >= 11 is 0. The summed E-state index contributed by atoms with van der Waals surface area (Å²) in [6.45, 7) is 7.18. The first kappa shape index (κ1) is 8.75. The second-order valence-electron chi connectivity index (χ2n) is 3.24. The van der Waals surface area contributed by atoms with Crippen molar-refractivity contribution in [3.8, 4) is 0 Å². The second kappa shape index (κ2) is 3.37. The van der Waals surface area contributed by atoms with Crippen molar-refractivity contribution in [2.75, 3.05) is 0 Å². The Morgan fingerprint density at radius 2 is 1.64 bits per heavy atom. The van der Waals surface area contributed by atoms with Gasteiger partial charge in [-0.2, -0.15) is 0 Å². The van der Waals surface area contributed by atoms with Gasteiger partial charge in [0.2, 0.25) is 0 Å². The van der Waals surface area contributed by atoms with Gasteiger partial charge in [-0.05, 0) is 0 Å². The lowest BCUT2D eigenvalue weighted by atomic mass is 10.4. The molecule has 0 aliphatic heterocycles. The summed E-state index contributed by atoms with van der Waals surface area (Å²) in [5.41, 5.74) is 0. The van der Waals surface area contributed by atoms with Crippen LogP contribution in [0.3, 0.4) is 0 Å². The van der Waals surface area contributed by atoms with Crippen molar-refractivity contribution in [1.29, 1.82) is 0 Å². The summed E-state index contributed by atoms with van der Waals surface area (Å²) < 4.78 is 0. The molecule has 1 aromatic carbocycles. The first-order valence-electron chi connectivity index (χ1n) is 3.91. The maximum absolute atomic E-state index is 2.43. The monoisotopic (exact) mass is 178 g/mol. The molecule has 0 unspecified atom stereocenters. The molecule has 0 atom stereocenters. The van der Waals surface area contributed by atoms with Gasteiger partial charge < -0.3 is 0 Å². The standard InChI is InChI=1S/C9H14Si2/c1-10-11(2,3)9-7-5-4-6-8-9/h4-8H,1-3H3. The van der Waals surface area contributed by atoms with Crippen LogP contribution in [0.1, 0.15) is 0 Å². The fourth-order valence-electron chi connectivity index (χ4n) is 0.999. The van der Waals surface area contributed by atoms with Gasteiger partial charge in [-0.15, -0.1) is 0 Å². The van der Waals surface area contributed by atoms with Crippen molar-refractivity contribution in [1.82, 2.24) is 0 Å². The third kappa shape index (κ3) is 2.04. The van der Waals surface area contributed by atoms with Crippen molar-refractivity contribution >= 4 is 21.8 Å². The minimum absolute atomic E-state index is 1.03. The number of benzene rings is 1. The number of hydrogen-bond acceptors (Lipinski definition) is 0. The van der Waals surface area contributed by atoms with E-state index in [0.29, 0.717) is 0 Å². The van der Waals surface area contributed by atoms with Gasteiger partial charge in [-0.3, -0.25) is 0 Å². The van der Waals surface area contributed by atoms with E-state index in [9.17, 15) is 0 Å². The Morgan fingerprint density at radius 1 is 1.09 bits per heavy atom. The fourth-order valence-corrected chi connectivity index (χ4v) is 3.68. The Labute approximate surface area is 72.3 Å². The Hall–Kier alpha value is -0.346. The minimum atomic E-state index is -1.03. The van der Waals surface area contributed by atoms with Crippen molar-refractivity contribution in [2.45, 2.75) is 19.6 Å². The lowest BCUT2D eigenvalue weighted by Gasteiger charge is -2.19. The van der Waals surface area contributed by atoms with Crippen LogP contribution < -0.4 is 5.19 Å². The van der Waals surface area contributed by atoms with Crippen LogP contribution in [0.5, 0.6) is 0 Å². The Balaban J connectivity index is 2.93. The molecule has 0 bridgehead atoms. The summed E-state index contributed by atoms with van der Waals surface area (Å²) in [7, 11) is 0.0752. The molecular weight excluding hydrogens is 164 g/mol. The molecule has 0 saturated carbocycles. The lowest BCUT2D eigenvalue weighted by Crippen LogP contribution is -2.46. The summed E-state index contributed by atoms with van der Waals surface area (Å²) in [5, 5.41) is 1.58. The van der Waals surface area contributed by atoms with E-state index in [0.717, 1.165) is 9.04 Å². The van der Waals surface area contributed by atoms with E-state index in [1.165, 1.54) is 0 Å². The minimum Gasteiger partial charge on any atom is -0.0751 e. The molecule has 0 aliphatic rings. The number of rotatable bonds is 2. The number of hydrogen-bond donors (Lipinski definition) is 0. The van der Waals surface area contributed by atoms with Gasteiger partial charge >= 0.3 is 0 Å². The van der Waals surface area contributed by atoms with Gasteiger partial charge in [-0.25, -0.2) is 0 Å². The summed E-state index contributed by atoms with van der Waals surface area (Å²) in [4.78, 5) is 0. The summed E-state index contributed by atoms with van der Waals surface area (Å²) in [5.74, 6) is 0. The Morgan fingerprint density at radius 3 is 2.09 bits per heavy atom. The molecule has 0 aliphatic carbocycles. The Bertz CT molecular complexity index is 216. The van der Waals surface area contributed by atoms with Gasteiger partial charge in [-0.1, -0.05) is 55.2 Å². The van der Waals surface area contributed by atoms with Crippen LogP contribution >= 0.6 is 0 Å². The topological polar surface area (TPSA) is 0 Å². The van der Waals surface area contributed by atoms with Crippen molar-refractivity contribution in [2.24, 2.45) is 0 Å². The van der Waals surface area contributed by atoms with Crippen LogP contribution in [0.15, 0.2) is 30.3 Å². The van der Waals surface area contributed by atoms with Crippen molar-refractivity contribution in [3.63, 3.8) is 0 Å². The van der Waals surface area contributed by atoms with Gasteiger partial charge in [0.25, 0.3) is 0 Å². The van der Waals surface area contributed by atoms with E-state index in [2.05, 4.69) is 50.0 Å². The smallest absolute Gasteiger partial charge is 0.0682 e. The Kier molecular flexibility index (Phi) is 2.68. The van der Waals surface area contributed by atoms with Gasteiger partial charge in [0, 0.05) is 9.04 Å². The average Bonchev–Trinajstić information content (AvgIpc) is 2.06. The summed E-state index contributed by atoms with van der Waals surface area (Å²) in [6.07, 6.45) is 0. The average molecular weight is 178 g/mol. The highest BCUT2D eigenvalue weighted by molar-refractivity contribution is 7.29. The normalized spacial score (nSPS) is 11.5. The fraction of sp³-hybridized carbons (Fsp3) is 0.333. The lowest BCUT2D eigenvalue weighted by molar-refractivity contribution is 1.73. The highest BCUT2D eigenvalue weighted by Crippen LogP contribution is 2.00. The molecule has 58 valence electrons. The van der Waals surface area contributed by atoms with Gasteiger partial charge in [0.15, 0.2) is 0 Å². The third-order valence-corrected chi connectivity index (χ3v) is 9.76. The van der Waals surface area contributed by atoms with E-state index in [-0.39, 0.29) is 0 Å². The van der Waals surface area contributed by atoms with E-state index < -0.39 is 7.59 Å². The SMILES string of the molecule is C[Si][Si](C)(C)c1ccccc1. The molecular formula is C9H14Si2. The van der Waals surface area contributed by atoms with Crippen LogP contribution in [0.25, 0.3) is 0 Å². The molecule has 0 nitrogen and oxygen atoms in total. The van der Waals surface area contributed by atoms with Gasteiger partial charge in [0.1, 0.15) is 0 Å². The highest BCUT2D eigenvalue weighted by Gasteiger charge is 2.19. The van der Waals surface area contributed by atoms with Crippen LogP contribution in [0.4, 0.5) is 0 Å². The zero-order valence-corrected chi connectivity index (χ0v) is 9.39. The van der Waals surface area contributed by atoms with E-state index >= 15 is 0 Å². The quantitative estimate of drug-likeness (QED) is 0.606. The van der Waals surface area contributed by atoms with Crippen LogP contribution in [0, 0.1) is 0 Å². The summed E-state index contributed by atoms with van der Waals surface area (Å²) in [6, 6.07) is 10.9. The van der Waals surface area contributed by atoms with Crippen LogP contribution in [0.2, 0.25) is 19.6 Å². The molecule has 1 aromatic rings. The molecule has 0 heterocycles. The molecule has 2 heteroatoms. The van der Waals surface area contributed by atoms with Gasteiger partial charge in [0.05, 0.1) is 7.59 Å². The molecule has 0 fully saturated rings. The molecule has 0 N–H and O–H groups in total. The van der Waals surface area contributed by atoms with E-state index in [1.54, 1.807) is 5.19 Å². The molecule has 1 rings (SSSR count). The molecule has 11 heavy (non-hydrogen) atoms. The molecule has 0 spiro atoms. The molecule has 0 saturated heterocycles. The highest BCUT2D eigenvalue weighted by atomic mass is 29.2. The zero-order chi connectivity index (χ0) is 8.32. The van der Waals surface area contributed by atoms with Crippen molar-refractivity contribution in [3.05, 3.63) is 30.3 Å². The third-order valence-electron chi connectivity index (χ3n) is 2.12. The van der Waals surface area contributed by atoms with Crippen LogP contribution in [-0.4, -0.2) is 16.6 Å². The maximum Gasteiger partial charge on any atom is 0.0682 e. The first-order chi connectivity index (χ1) is 5.17. The molecule has 0 aromatic heterocycles. The predicted molar refractivity (Wildman–Crippen MR) is 55.2 cm³/mol. The second-order valence-corrected chi connectivity index (χ2v) is 12.8. The van der Waals surface area contributed by atoms with E-state index in [4.69, 9.17) is 0 Å². The van der Waals surface area contributed by atoms with E-state index in [1.807, 2.05) is 0 Å². The molecule has 2 radical (unpaired) electrons. The van der Waals surface area contributed by atoms with Crippen molar-refractivity contribution < 1.29 is 0 Å². The largest absolute Gasteiger partial charge is 0.0751 e. The maximum atomic E-state index is 2.43. The van der Waals surface area contributed by atoms with Crippen LogP contribution in [-0.2, 0) is 0 Å². The molecule has 0 amide bonds. The first-order valence-corrected chi connectivity index (χ1v) is 9.41. The zero-order valence-electron chi connectivity index (χ0n) is 7.39.